The molecular weight excluding hydrogens is 160 g/mol. The van der Waals surface area contributed by atoms with Crippen molar-refractivity contribution in [1.82, 2.24) is 10.5 Å². The van der Waals surface area contributed by atoms with Crippen LogP contribution in [0.1, 0.15) is 11.6 Å². The van der Waals surface area contributed by atoms with Crippen molar-refractivity contribution in [2.45, 2.75) is 6.04 Å². The van der Waals surface area contributed by atoms with Gasteiger partial charge in [0.1, 0.15) is 0 Å². The Bertz CT molecular complexity index is 298. The lowest BCUT2D eigenvalue weighted by atomic mass is 10.1. The lowest BCUT2D eigenvalue weighted by molar-refractivity contribution is 0.0762. The summed E-state index contributed by atoms with van der Waals surface area (Å²) in [5.41, 5.74) is 0.285. The van der Waals surface area contributed by atoms with Crippen molar-refractivity contribution in [1.29, 1.82) is 0 Å². The number of hydrogen-bond donors (Lipinski definition) is 2. The van der Waals surface area contributed by atoms with Crippen LogP contribution in [0, 0.1) is 0 Å². The molecule has 1 aliphatic heterocycles. The van der Waals surface area contributed by atoms with Crippen LogP contribution in [0.3, 0.4) is 0 Å². The molecule has 0 saturated carbocycles. The third-order valence-electron chi connectivity index (χ3n) is 1.90. The Morgan fingerprint density at radius 3 is 3.08 bits per heavy atom. The second-order valence-corrected chi connectivity index (χ2v) is 2.69. The molecule has 2 rings (SSSR count). The average molecular weight is 170 g/mol. The van der Waals surface area contributed by atoms with E-state index in [1.807, 2.05) is 0 Å². The number of rotatable bonds is 1. The maximum Gasteiger partial charge on any atom is 0.362 e. The normalized spacial score (nSPS) is 24.2. The summed E-state index contributed by atoms with van der Waals surface area (Å²) in [5.74, 6) is 0. The highest BCUT2D eigenvalue weighted by molar-refractivity contribution is 5.08. The van der Waals surface area contributed by atoms with E-state index in [-0.39, 0.29) is 11.7 Å². The highest BCUT2D eigenvalue weighted by Gasteiger charge is 2.19. The molecule has 1 aromatic rings. The fourth-order valence-electron chi connectivity index (χ4n) is 1.27. The molecule has 1 aliphatic rings. The molecular formula is C7H10N2O3. The van der Waals surface area contributed by atoms with E-state index in [1.54, 1.807) is 6.20 Å². The summed E-state index contributed by atoms with van der Waals surface area (Å²) in [7, 11) is 0. The SMILES string of the molecule is O=c1o[nH]cc1C1COCCN1. The van der Waals surface area contributed by atoms with Crippen molar-refractivity contribution < 1.29 is 9.26 Å². The molecule has 1 saturated heterocycles. The molecule has 0 spiro atoms. The van der Waals surface area contributed by atoms with Crippen LogP contribution in [0.25, 0.3) is 0 Å². The van der Waals surface area contributed by atoms with Gasteiger partial charge in [-0.15, -0.1) is 0 Å². The van der Waals surface area contributed by atoms with Crippen molar-refractivity contribution in [3.05, 3.63) is 22.2 Å². The molecule has 1 unspecified atom stereocenters. The Balaban J connectivity index is 2.18. The number of morpholine rings is 1. The van der Waals surface area contributed by atoms with Crippen molar-refractivity contribution >= 4 is 0 Å². The van der Waals surface area contributed by atoms with E-state index >= 15 is 0 Å². The molecule has 1 atom stereocenters. The van der Waals surface area contributed by atoms with Gasteiger partial charge in [0.05, 0.1) is 24.8 Å². The van der Waals surface area contributed by atoms with Gasteiger partial charge in [0.25, 0.3) is 0 Å². The Labute approximate surface area is 68.7 Å². The van der Waals surface area contributed by atoms with E-state index in [0.29, 0.717) is 18.8 Å². The van der Waals surface area contributed by atoms with E-state index in [9.17, 15) is 4.79 Å². The first-order valence-corrected chi connectivity index (χ1v) is 3.86. The smallest absolute Gasteiger partial charge is 0.362 e. The quantitative estimate of drug-likeness (QED) is 0.603. The molecule has 12 heavy (non-hydrogen) atoms. The molecule has 5 heteroatoms. The molecule has 0 aromatic carbocycles. The van der Waals surface area contributed by atoms with Gasteiger partial charge < -0.3 is 14.6 Å². The standard InChI is InChI=1S/C7H10N2O3/c10-7-5(3-9-12-7)6-4-11-2-1-8-6/h3,6,8-9H,1-2,4H2. The first kappa shape index (κ1) is 7.57. The van der Waals surface area contributed by atoms with Gasteiger partial charge in [-0.25, -0.2) is 9.95 Å². The maximum atomic E-state index is 11.0. The molecule has 0 radical (unpaired) electrons. The van der Waals surface area contributed by atoms with Gasteiger partial charge in [-0.3, -0.25) is 0 Å². The molecule has 0 amide bonds. The van der Waals surface area contributed by atoms with Gasteiger partial charge in [-0.1, -0.05) is 0 Å². The summed E-state index contributed by atoms with van der Waals surface area (Å²) in [5, 5.41) is 5.57. The fraction of sp³-hybridized carbons (Fsp3) is 0.571. The number of hydrogen-bond acceptors (Lipinski definition) is 4. The van der Waals surface area contributed by atoms with E-state index in [4.69, 9.17) is 4.74 Å². The zero-order valence-corrected chi connectivity index (χ0v) is 6.50. The van der Waals surface area contributed by atoms with Crippen LogP contribution in [0.5, 0.6) is 0 Å². The molecule has 0 bridgehead atoms. The van der Waals surface area contributed by atoms with Crippen molar-refractivity contribution in [2.75, 3.05) is 19.8 Å². The fourth-order valence-corrected chi connectivity index (χ4v) is 1.27. The Hall–Kier alpha value is -1.07. The number of nitrogens with one attached hydrogen (secondary N) is 2. The topological polar surface area (TPSA) is 67.3 Å². The summed E-state index contributed by atoms with van der Waals surface area (Å²) in [6, 6.07) is -0.0266. The number of aromatic amines is 1. The van der Waals surface area contributed by atoms with Crippen LogP contribution in [0.4, 0.5) is 0 Å². The van der Waals surface area contributed by atoms with Crippen LogP contribution in [-0.2, 0) is 4.74 Å². The Morgan fingerprint density at radius 2 is 2.50 bits per heavy atom. The first-order chi connectivity index (χ1) is 5.88. The molecule has 2 heterocycles. The maximum absolute atomic E-state index is 11.0. The minimum Gasteiger partial charge on any atom is -0.378 e. The van der Waals surface area contributed by atoms with Gasteiger partial charge in [0.15, 0.2) is 0 Å². The minimum absolute atomic E-state index is 0.0266. The highest BCUT2D eigenvalue weighted by atomic mass is 16.5. The van der Waals surface area contributed by atoms with Gasteiger partial charge in [0.2, 0.25) is 0 Å². The van der Waals surface area contributed by atoms with E-state index < -0.39 is 0 Å². The summed E-state index contributed by atoms with van der Waals surface area (Å²) in [4.78, 5) is 11.0. The lowest BCUT2D eigenvalue weighted by Crippen LogP contribution is -2.36. The van der Waals surface area contributed by atoms with E-state index in [1.165, 1.54) is 0 Å². The zero-order valence-electron chi connectivity index (χ0n) is 6.50. The van der Waals surface area contributed by atoms with Crippen molar-refractivity contribution in [2.24, 2.45) is 0 Å². The monoisotopic (exact) mass is 170 g/mol. The predicted molar refractivity (Wildman–Crippen MR) is 40.9 cm³/mol. The summed E-state index contributed by atoms with van der Waals surface area (Å²) < 4.78 is 9.75. The average Bonchev–Trinajstić information content (AvgIpc) is 2.53. The van der Waals surface area contributed by atoms with E-state index in [0.717, 1.165) is 6.54 Å². The highest BCUT2D eigenvalue weighted by Crippen LogP contribution is 2.10. The van der Waals surface area contributed by atoms with Crippen LogP contribution in [0.2, 0.25) is 0 Å². The second kappa shape index (κ2) is 3.12. The van der Waals surface area contributed by atoms with Crippen LogP contribution in [-0.4, -0.2) is 24.9 Å². The third-order valence-corrected chi connectivity index (χ3v) is 1.90. The molecule has 0 aliphatic carbocycles. The molecule has 1 fully saturated rings. The number of ether oxygens (including phenoxy) is 1. The third kappa shape index (κ3) is 1.28. The first-order valence-electron chi connectivity index (χ1n) is 3.86. The molecule has 66 valence electrons. The van der Waals surface area contributed by atoms with Crippen LogP contribution >= 0.6 is 0 Å². The van der Waals surface area contributed by atoms with Gasteiger partial charge >= 0.3 is 5.63 Å². The second-order valence-electron chi connectivity index (χ2n) is 2.69. The Kier molecular flexibility index (Phi) is 1.97. The van der Waals surface area contributed by atoms with Crippen LogP contribution < -0.4 is 10.9 Å². The summed E-state index contributed by atoms with van der Waals surface area (Å²) >= 11 is 0. The Morgan fingerprint density at radius 1 is 1.58 bits per heavy atom. The molecule has 2 N–H and O–H groups in total. The minimum atomic E-state index is -0.321. The predicted octanol–water partition coefficient (Wildman–Crippen LogP) is -0.371. The van der Waals surface area contributed by atoms with Crippen molar-refractivity contribution in [3.8, 4) is 0 Å². The van der Waals surface area contributed by atoms with Gasteiger partial charge in [-0.2, -0.15) is 0 Å². The zero-order chi connectivity index (χ0) is 8.39. The summed E-state index contributed by atoms with van der Waals surface area (Å²) in [6.07, 6.45) is 1.56. The molecule has 1 aromatic heterocycles. The number of H-pyrrole nitrogens is 1. The number of aromatic nitrogens is 1. The summed E-state index contributed by atoms with van der Waals surface area (Å²) in [6.45, 7) is 2.00. The van der Waals surface area contributed by atoms with Crippen molar-refractivity contribution in [3.63, 3.8) is 0 Å². The largest absolute Gasteiger partial charge is 0.378 e. The van der Waals surface area contributed by atoms with E-state index in [2.05, 4.69) is 15.0 Å². The molecule has 5 nitrogen and oxygen atoms in total. The van der Waals surface area contributed by atoms with Crippen LogP contribution in [0.15, 0.2) is 15.5 Å². The lowest BCUT2D eigenvalue weighted by Gasteiger charge is -2.21. The van der Waals surface area contributed by atoms with Gasteiger partial charge in [0, 0.05) is 12.7 Å². The van der Waals surface area contributed by atoms with Gasteiger partial charge in [-0.05, 0) is 0 Å².